The number of hydrogen-bond acceptors (Lipinski definition) is 3. The lowest BCUT2D eigenvalue weighted by Gasteiger charge is -2.24. The monoisotopic (exact) mass is 353 g/mol. The molecule has 134 valence electrons. The maximum Gasteiger partial charge on any atom is 0.193 e. The van der Waals surface area contributed by atoms with Gasteiger partial charge in [0.15, 0.2) is 5.96 Å². The molecule has 2 rings (SSSR count). The van der Waals surface area contributed by atoms with Crippen LogP contribution in [-0.2, 0) is 11.2 Å². The van der Waals surface area contributed by atoms with Gasteiger partial charge in [0.1, 0.15) is 5.75 Å². The van der Waals surface area contributed by atoms with Gasteiger partial charge >= 0.3 is 0 Å². The van der Waals surface area contributed by atoms with Gasteiger partial charge in [0.2, 0.25) is 0 Å². The SMILES string of the molecule is CCNC(=NCCc1ccc(OC)cc1Cl)N(C)CC1CCOC1. The molecule has 1 saturated heterocycles. The molecule has 1 unspecified atom stereocenters. The average Bonchev–Trinajstić information content (AvgIpc) is 3.08. The van der Waals surface area contributed by atoms with E-state index in [2.05, 4.69) is 24.2 Å². The number of nitrogens with zero attached hydrogens (tertiary/aromatic N) is 2. The van der Waals surface area contributed by atoms with Crippen molar-refractivity contribution in [1.82, 2.24) is 10.2 Å². The predicted molar refractivity (Wildman–Crippen MR) is 99.2 cm³/mol. The Labute approximate surface area is 150 Å². The second kappa shape index (κ2) is 9.74. The number of halogens is 1. The topological polar surface area (TPSA) is 46.1 Å². The summed E-state index contributed by atoms with van der Waals surface area (Å²) in [6, 6.07) is 5.78. The zero-order valence-corrected chi connectivity index (χ0v) is 15.6. The van der Waals surface area contributed by atoms with Crippen LogP contribution in [0, 0.1) is 5.92 Å². The number of aliphatic imine (C=N–C) groups is 1. The fourth-order valence-corrected chi connectivity index (χ4v) is 3.08. The molecule has 0 radical (unpaired) electrons. The van der Waals surface area contributed by atoms with Gasteiger partial charge in [-0.15, -0.1) is 0 Å². The van der Waals surface area contributed by atoms with Crippen molar-refractivity contribution >= 4 is 17.6 Å². The van der Waals surface area contributed by atoms with Gasteiger partial charge in [-0.2, -0.15) is 0 Å². The van der Waals surface area contributed by atoms with E-state index in [0.29, 0.717) is 12.5 Å². The lowest BCUT2D eigenvalue weighted by Crippen LogP contribution is -2.41. The summed E-state index contributed by atoms with van der Waals surface area (Å²) in [4.78, 5) is 6.93. The van der Waals surface area contributed by atoms with Crippen LogP contribution in [0.3, 0.4) is 0 Å². The van der Waals surface area contributed by atoms with Crippen molar-refractivity contribution in [2.24, 2.45) is 10.9 Å². The molecule has 5 nitrogen and oxygen atoms in total. The van der Waals surface area contributed by atoms with Crippen LogP contribution < -0.4 is 10.1 Å². The van der Waals surface area contributed by atoms with E-state index < -0.39 is 0 Å². The van der Waals surface area contributed by atoms with Crippen LogP contribution in [0.2, 0.25) is 5.02 Å². The summed E-state index contributed by atoms with van der Waals surface area (Å²) in [5.41, 5.74) is 1.09. The third kappa shape index (κ3) is 5.56. The smallest absolute Gasteiger partial charge is 0.193 e. The molecule has 0 saturated carbocycles. The zero-order chi connectivity index (χ0) is 17.4. The van der Waals surface area contributed by atoms with E-state index in [4.69, 9.17) is 26.1 Å². The van der Waals surface area contributed by atoms with Crippen LogP contribution in [0.1, 0.15) is 18.9 Å². The second-order valence-corrected chi connectivity index (χ2v) is 6.46. The predicted octanol–water partition coefficient (Wildman–Crippen LogP) is 2.82. The van der Waals surface area contributed by atoms with Gasteiger partial charge in [0, 0.05) is 44.2 Å². The first-order valence-electron chi connectivity index (χ1n) is 8.53. The van der Waals surface area contributed by atoms with Crippen LogP contribution in [0.25, 0.3) is 0 Å². The van der Waals surface area contributed by atoms with Gasteiger partial charge in [0.25, 0.3) is 0 Å². The van der Waals surface area contributed by atoms with Crippen molar-refractivity contribution in [3.05, 3.63) is 28.8 Å². The van der Waals surface area contributed by atoms with Gasteiger partial charge in [-0.25, -0.2) is 0 Å². The van der Waals surface area contributed by atoms with Crippen LogP contribution in [0.15, 0.2) is 23.2 Å². The second-order valence-electron chi connectivity index (χ2n) is 6.05. The Kier molecular flexibility index (Phi) is 7.66. The highest BCUT2D eigenvalue weighted by Crippen LogP contribution is 2.22. The lowest BCUT2D eigenvalue weighted by molar-refractivity contribution is 0.181. The van der Waals surface area contributed by atoms with Crippen LogP contribution in [0.5, 0.6) is 5.75 Å². The molecular weight excluding hydrogens is 326 g/mol. The van der Waals surface area contributed by atoms with Crippen molar-refractivity contribution < 1.29 is 9.47 Å². The number of rotatable bonds is 7. The minimum Gasteiger partial charge on any atom is -0.497 e. The molecule has 1 fully saturated rings. The highest BCUT2D eigenvalue weighted by Gasteiger charge is 2.19. The van der Waals surface area contributed by atoms with Crippen LogP contribution in [0.4, 0.5) is 0 Å². The van der Waals surface area contributed by atoms with Gasteiger partial charge in [-0.3, -0.25) is 4.99 Å². The first-order chi connectivity index (χ1) is 11.6. The minimum atomic E-state index is 0.592. The van der Waals surface area contributed by atoms with E-state index in [9.17, 15) is 0 Å². The molecule has 1 atom stereocenters. The van der Waals surface area contributed by atoms with Crippen molar-refractivity contribution in [1.29, 1.82) is 0 Å². The highest BCUT2D eigenvalue weighted by molar-refractivity contribution is 6.31. The Morgan fingerprint density at radius 3 is 2.96 bits per heavy atom. The van der Waals surface area contributed by atoms with Crippen molar-refractivity contribution in [2.45, 2.75) is 19.8 Å². The van der Waals surface area contributed by atoms with E-state index in [1.807, 2.05) is 18.2 Å². The molecule has 1 aromatic rings. The van der Waals surface area contributed by atoms with E-state index in [1.54, 1.807) is 7.11 Å². The number of benzene rings is 1. The Morgan fingerprint density at radius 1 is 1.50 bits per heavy atom. The first kappa shape index (κ1) is 18.9. The number of nitrogens with one attached hydrogen (secondary N) is 1. The molecule has 1 heterocycles. The normalized spacial score (nSPS) is 17.8. The number of hydrogen-bond donors (Lipinski definition) is 1. The largest absolute Gasteiger partial charge is 0.497 e. The standard InChI is InChI=1S/C18H28ClN3O2/c1-4-20-18(22(2)12-14-8-10-24-13-14)21-9-7-15-5-6-16(23-3)11-17(15)19/h5-6,11,14H,4,7-10,12-13H2,1-3H3,(H,20,21). The van der Waals surface area contributed by atoms with E-state index in [-0.39, 0.29) is 0 Å². The Balaban J connectivity index is 1.92. The average molecular weight is 354 g/mol. The zero-order valence-electron chi connectivity index (χ0n) is 14.8. The molecule has 1 aromatic carbocycles. The van der Waals surface area contributed by atoms with Crippen molar-refractivity contribution in [3.63, 3.8) is 0 Å². The summed E-state index contributed by atoms with van der Waals surface area (Å²) in [5, 5.41) is 4.09. The molecule has 1 aliphatic heterocycles. The van der Waals surface area contributed by atoms with Gasteiger partial charge in [-0.1, -0.05) is 17.7 Å². The molecule has 0 aliphatic carbocycles. The highest BCUT2D eigenvalue weighted by atomic mass is 35.5. The fraction of sp³-hybridized carbons (Fsp3) is 0.611. The summed E-state index contributed by atoms with van der Waals surface area (Å²) >= 11 is 6.29. The molecule has 24 heavy (non-hydrogen) atoms. The fourth-order valence-electron chi connectivity index (χ4n) is 2.81. The summed E-state index contributed by atoms with van der Waals surface area (Å²) in [7, 11) is 3.73. The maximum absolute atomic E-state index is 6.29. The van der Waals surface area contributed by atoms with Gasteiger partial charge < -0.3 is 19.7 Å². The Morgan fingerprint density at radius 2 is 2.33 bits per heavy atom. The summed E-state index contributed by atoms with van der Waals surface area (Å²) in [6.07, 6.45) is 1.93. The van der Waals surface area contributed by atoms with E-state index >= 15 is 0 Å². The molecule has 0 amide bonds. The Bertz CT molecular complexity index is 545. The lowest BCUT2D eigenvalue weighted by atomic mass is 10.1. The molecule has 0 bridgehead atoms. The molecule has 1 N–H and O–H groups in total. The summed E-state index contributed by atoms with van der Waals surface area (Å²) in [6.45, 7) is 6.33. The van der Waals surface area contributed by atoms with Crippen molar-refractivity contribution in [2.75, 3.05) is 47.0 Å². The maximum atomic E-state index is 6.29. The van der Waals surface area contributed by atoms with E-state index in [1.165, 1.54) is 0 Å². The molecule has 1 aliphatic rings. The number of methoxy groups -OCH3 is 1. The summed E-state index contributed by atoms with van der Waals surface area (Å²) in [5.74, 6) is 2.31. The molecular formula is C18H28ClN3O2. The third-order valence-electron chi connectivity index (χ3n) is 4.16. The molecule has 0 aromatic heterocycles. The minimum absolute atomic E-state index is 0.592. The van der Waals surface area contributed by atoms with Crippen molar-refractivity contribution in [3.8, 4) is 5.75 Å². The molecule has 0 spiro atoms. The van der Waals surface area contributed by atoms with Gasteiger partial charge in [-0.05, 0) is 37.5 Å². The Hall–Kier alpha value is -1.46. The molecule has 6 heteroatoms. The number of guanidine groups is 1. The van der Waals surface area contributed by atoms with Crippen LogP contribution in [-0.4, -0.2) is 57.9 Å². The number of ether oxygens (including phenoxy) is 2. The first-order valence-corrected chi connectivity index (χ1v) is 8.91. The summed E-state index contributed by atoms with van der Waals surface area (Å²) < 4.78 is 10.6. The van der Waals surface area contributed by atoms with Crippen LogP contribution >= 0.6 is 11.6 Å². The quantitative estimate of drug-likeness (QED) is 0.605. The third-order valence-corrected chi connectivity index (χ3v) is 4.51. The van der Waals surface area contributed by atoms with Gasteiger partial charge in [0.05, 0.1) is 13.7 Å². The van der Waals surface area contributed by atoms with E-state index in [0.717, 1.165) is 61.4 Å².